The van der Waals surface area contributed by atoms with Gasteiger partial charge in [-0.05, 0) is 7.05 Å². The van der Waals surface area contributed by atoms with E-state index in [1.165, 1.54) is 4.90 Å². The van der Waals surface area contributed by atoms with Crippen molar-refractivity contribution in [2.45, 2.75) is 12.5 Å². The molecule has 1 heterocycles. The molecule has 1 fully saturated rings. The fraction of sp³-hybridized carbons (Fsp3) is 0.818. The lowest BCUT2D eigenvalue weighted by molar-refractivity contribution is -0.137. The second-order valence-electron chi connectivity index (χ2n) is 4.51. The summed E-state index contributed by atoms with van der Waals surface area (Å²) < 4.78 is 5.51. The maximum absolute atomic E-state index is 11.6. The standard InChI is InChI=1S/C11H21N3O4/c1-13-5-6-18-9(8-13)7-12-11(17)14(2)4-3-10(15)16/h9H,3-8H2,1-2H3,(H,12,17)(H,15,16). The molecule has 2 N–H and O–H groups in total. The van der Waals surface area contributed by atoms with Crippen molar-refractivity contribution >= 4 is 12.0 Å². The van der Waals surface area contributed by atoms with Gasteiger partial charge in [-0.15, -0.1) is 0 Å². The van der Waals surface area contributed by atoms with E-state index in [1.807, 2.05) is 7.05 Å². The summed E-state index contributed by atoms with van der Waals surface area (Å²) in [5, 5.41) is 11.3. The summed E-state index contributed by atoms with van der Waals surface area (Å²) in [5.74, 6) is -0.910. The minimum Gasteiger partial charge on any atom is -0.481 e. The quantitative estimate of drug-likeness (QED) is 0.691. The van der Waals surface area contributed by atoms with Gasteiger partial charge in [-0.3, -0.25) is 4.79 Å². The van der Waals surface area contributed by atoms with E-state index in [0.29, 0.717) is 13.2 Å². The Labute approximate surface area is 107 Å². The number of amides is 2. The number of carbonyl (C=O) groups is 2. The summed E-state index contributed by atoms with van der Waals surface area (Å²) in [6.45, 7) is 3.02. The van der Waals surface area contributed by atoms with E-state index in [0.717, 1.165) is 13.1 Å². The average Bonchev–Trinajstić information content (AvgIpc) is 2.33. The third-order valence-corrected chi connectivity index (χ3v) is 2.83. The Balaban J connectivity index is 2.21. The first kappa shape index (κ1) is 14.7. The largest absolute Gasteiger partial charge is 0.481 e. The molecular formula is C11H21N3O4. The molecule has 104 valence electrons. The van der Waals surface area contributed by atoms with Gasteiger partial charge in [0.2, 0.25) is 0 Å². The van der Waals surface area contributed by atoms with E-state index in [-0.39, 0.29) is 25.1 Å². The van der Waals surface area contributed by atoms with Crippen molar-refractivity contribution in [3.05, 3.63) is 0 Å². The molecule has 0 aliphatic carbocycles. The molecule has 0 aromatic heterocycles. The predicted molar refractivity (Wildman–Crippen MR) is 65.5 cm³/mol. The van der Waals surface area contributed by atoms with Gasteiger partial charge < -0.3 is 25.0 Å². The Hall–Kier alpha value is -1.34. The number of carboxylic acids is 1. The Morgan fingerprint density at radius 3 is 2.89 bits per heavy atom. The Kier molecular flexibility index (Phi) is 5.87. The van der Waals surface area contributed by atoms with Crippen LogP contribution in [0.4, 0.5) is 4.79 Å². The SMILES string of the molecule is CN1CCOC(CNC(=O)N(C)CCC(=O)O)C1. The summed E-state index contributed by atoms with van der Waals surface area (Å²) in [6.07, 6.45) is -0.0485. The molecule has 0 radical (unpaired) electrons. The molecule has 1 rings (SSSR count). The van der Waals surface area contributed by atoms with Crippen LogP contribution in [0.15, 0.2) is 0 Å². The number of likely N-dealkylation sites (N-methyl/N-ethyl adjacent to an activating group) is 1. The van der Waals surface area contributed by atoms with Crippen molar-refractivity contribution in [1.29, 1.82) is 0 Å². The zero-order valence-corrected chi connectivity index (χ0v) is 10.9. The molecule has 18 heavy (non-hydrogen) atoms. The molecule has 7 nitrogen and oxygen atoms in total. The molecular weight excluding hydrogens is 238 g/mol. The van der Waals surface area contributed by atoms with E-state index in [9.17, 15) is 9.59 Å². The third-order valence-electron chi connectivity index (χ3n) is 2.83. The van der Waals surface area contributed by atoms with Crippen LogP contribution < -0.4 is 5.32 Å². The van der Waals surface area contributed by atoms with Gasteiger partial charge in [-0.25, -0.2) is 4.79 Å². The molecule has 0 bridgehead atoms. The van der Waals surface area contributed by atoms with E-state index in [4.69, 9.17) is 9.84 Å². The zero-order valence-electron chi connectivity index (χ0n) is 10.9. The highest BCUT2D eigenvalue weighted by molar-refractivity contribution is 5.75. The third kappa shape index (κ3) is 5.33. The van der Waals surface area contributed by atoms with Crippen LogP contribution in [-0.4, -0.2) is 79.9 Å². The number of carbonyl (C=O) groups excluding carboxylic acids is 1. The van der Waals surface area contributed by atoms with Gasteiger partial charge in [0, 0.05) is 33.2 Å². The van der Waals surface area contributed by atoms with Crippen molar-refractivity contribution in [1.82, 2.24) is 15.1 Å². The number of rotatable bonds is 5. The lowest BCUT2D eigenvalue weighted by Crippen LogP contribution is -2.48. The molecule has 1 atom stereocenters. The number of morpholine rings is 1. The number of nitrogens with zero attached hydrogens (tertiary/aromatic N) is 2. The highest BCUT2D eigenvalue weighted by Crippen LogP contribution is 2.01. The summed E-state index contributed by atoms with van der Waals surface area (Å²) in [6, 6.07) is -0.270. The maximum atomic E-state index is 11.6. The van der Waals surface area contributed by atoms with Crippen LogP contribution in [0.5, 0.6) is 0 Å². The summed E-state index contributed by atoms with van der Waals surface area (Å²) in [4.78, 5) is 25.5. The Morgan fingerprint density at radius 2 is 2.28 bits per heavy atom. The first-order chi connectivity index (χ1) is 8.49. The topological polar surface area (TPSA) is 82.1 Å². The first-order valence-electron chi connectivity index (χ1n) is 6.00. The number of urea groups is 1. The van der Waals surface area contributed by atoms with Crippen LogP contribution in [-0.2, 0) is 9.53 Å². The van der Waals surface area contributed by atoms with Gasteiger partial charge in [0.15, 0.2) is 0 Å². The second kappa shape index (κ2) is 7.17. The fourth-order valence-corrected chi connectivity index (χ4v) is 1.69. The van der Waals surface area contributed by atoms with Crippen LogP contribution in [0, 0.1) is 0 Å². The second-order valence-corrected chi connectivity index (χ2v) is 4.51. The number of ether oxygens (including phenoxy) is 1. The minimum absolute atomic E-state index is 0.000531. The number of hydrogen-bond donors (Lipinski definition) is 2. The number of nitrogens with one attached hydrogen (secondary N) is 1. The highest BCUT2D eigenvalue weighted by Gasteiger charge is 2.19. The Bertz CT molecular complexity index is 298. The zero-order chi connectivity index (χ0) is 13.5. The molecule has 1 unspecified atom stereocenters. The normalized spacial score (nSPS) is 20.4. The summed E-state index contributed by atoms with van der Waals surface area (Å²) in [7, 11) is 3.59. The van der Waals surface area contributed by atoms with Gasteiger partial charge in [-0.1, -0.05) is 0 Å². The molecule has 1 saturated heterocycles. The fourth-order valence-electron chi connectivity index (χ4n) is 1.69. The molecule has 2 amide bonds. The molecule has 0 spiro atoms. The van der Waals surface area contributed by atoms with E-state index < -0.39 is 5.97 Å². The van der Waals surface area contributed by atoms with E-state index in [2.05, 4.69) is 10.2 Å². The first-order valence-corrected chi connectivity index (χ1v) is 6.00. The lowest BCUT2D eigenvalue weighted by atomic mass is 10.3. The number of aliphatic carboxylic acids is 1. The minimum atomic E-state index is -0.910. The van der Waals surface area contributed by atoms with Crippen LogP contribution in [0.25, 0.3) is 0 Å². The van der Waals surface area contributed by atoms with Crippen molar-refractivity contribution in [3.63, 3.8) is 0 Å². The van der Waals surface area contributed by atoms with Crippen molar-refractivity contribution in [3.8, 4) is 0 Å². The molecule has 1 aliphatic heterocycles. The monoisotopic (exact) mass is 259 g/mol. The average molecular weight is 259 g/mol. The van der Waals surface area contributed by atoms with Gasteiger partial charge in [0.25, 0.3) is 0 Å². The van der Waals surface area contributed by atoms with E-state index in [1.54, 1.807) is 7.05 Å². The van der Waals surface area contributed by atoms with Crippen LogP contribution in [0.3, 0.4) is 0 Å². The summed E-state index contributed by atoms with van der Waals surface area (Å²) in [5.41, 5.74) is 0. The smallest absolute Gasteiger partial charge is 0.317 e. The van der Waals surface area contributed by atoms with Crippen LogP contribution in [0.1, 0.15) is 6.42 Å². The van der Waals surface area contributed by atoms with Crippen molar-refractivity contribution < 1.29 is 19.4 Å². The van der Waals surface area contributed by atoms with Crippen LogP contribution in [0.2, 0.25) is 0 Å². The number of hydrogen-bond acceptors (Lipinski definition) is 4. The Morgan fingerprint density at radius 1 is 1.56 bits per heavy atom. The highest BCUT2D eigenvalue weighted by atomic mass is 16.5. The van der Waals surface area contributed by atoms with Crippen LogP contribution >= 0.6 is 0 Å². The maximum Gasteiger partial charge on any atom is 0.317 e. The molecule has 0 aromatic carbocycles. The molecule has 0 aromatic rings. The number of carboxylic acid groups (broad SMARTS) is 1. The van der Waals surface area contributed by atoms with Gasteiger partial charge in [0.1, 0.15) is 0 Å². The molecule has 7 heteroatoms. The lowest BCUT2D eigenvalue weighted by Gasteiger charge is -2.30. The van der Waals surface area contributed by atoms with Gasteiger partial charge in [-0.2, -0.15) is 0 Å². The molecule has 1 aliphatic rings. The predicted octanol–water partition coefficient (Wildman–Crippen LogP) is -0.567. The van der Waals surface area contributed by atoms with Crippen molar-refractivity contribution in [2.75, 3.05) is 46.9 Å². The molecule has 0 saturated carbocycles. The van der Waals surface area contributed by atoms with E-state index >= 15 is 0 Å². The summed E-state index contributed by atoms with van der Waals surface area (Å²) >= 11 is 0. The van der Waals surface area contributed by atoms with Crippen molar-refractivity contribution in [2.24, 2.45) is 0 Å². The van der Waals surface area contributed by atoms with Gasteiger partial charge in [0.05, 0.1) is 19.1 Å². The van der Waals surface area contributed by atoms with Gasteiger partial charge >= 0.3 is 12.0 Å².